The van der Waals surface area contributed by atoms with Gasteiger partial charge in [0.2, 0.25) is 15.9 Å². The summed E-state index contributed by atoms with van der Waals surface area (Å²) in [4.78, 5) is 12.7. The molecule has 1 N–H and O–H groups in total. The van der Waals surface area contributed by atoms with E-state index in [4.69, 9.17) is 11.6 Å². The lowest BCUT2D eigenvalue weighted by Crippen LogP contribution is -2.43. The summed E-state index contributed by atoms with van der Waals surface area (Å²) in [5.41, 5.74) is 0.691. The van der Waals surface area contributed by atoms with E-state index in [2.05, 4.69) is 21.2 Å². The van der Waals surface area contributed by atoms with Crippen LogP contribution >= 0.6 is 27.5 Å². The van der Waals surface area contributed by atoms with Crippen LogP contribution in [0.15, 0.2) is 57.9 Å². The molecule has 138 valence electrons. The molecule has 3 rings (SSSR count). The van der Waals surface area contributed by atoms with Crippen molar-refractivity contribution in [1.82, 2.24) is 4.31 Å². The molecule has 1 heterocycles. The molecule has 1 aliphatic heterocycles. The SMILES string of the molecule is O=C(Nc1ccc(Br)cc1)C1CCCN(S(=O)(=O)c2ccc(Cl)cc2)C1. The van der Waals surface area contributed by atoms with E-state index in [9.17, 15) is 13.2 Å². The Morgan fingerprint density at radius 3 is 2.42 bits per heavy atom. The second-order valence-corrected chi connectivity index (χ2v) is 9.44. The molecule has 1 unspecified atom stereocenters. The topological polar surface area (TPSA) is 66.5 Å². The average Bonchev–Trinajstić information content (AvgIpc) is 2.64. The van der Waals surface area contributed by atoms with Crippen molar-refractivity contribution in [2.24, 2.45) is 5.92 Å². The minimum Gasteiger partial charge on any atom is -0.326 e. The van der Waals surface area contributed by atoms with Gasteiger partial charge >= 0.3 is 0 Å². The Kier molecular flexibility index (Phi) is 6.02. The van der Waals surface area contributed by atoms with E-state index in [1.54, 1.807) is 24.3 Å². The van der Waals surface area contributed by atoms with Crippen molar-refractivity contribution in [3.63, 3.8) is 0 Å². The molecule has 5 nitrogen and oxygen atoms in total. The number of nitrogens with one attached hydrogen (secondary N) is 1. The van der Waals surface area contributed by atoms with Gasteiger partial charge in [-0.3, -0.25) is 4.79 Å². The van der Waals surface area contributed by atoms with Gasteiger partial charge in [-0.25, -0.2) is 8.42 Å². The molecular weight excluding hydrogens is 440 g/mol. The quantitative estimate of drug-likeness (QED) is 0.750. The molecule has 0 bridgehead atoms. The van der Waals surface area contributed by atoms with Crippen molar-refractivity contribution in [1.29, 1.82) is 0 Å². The molecular formula is C18H18BrClN2O3S. The molecule has 1 amide bonds. The van der Waals surface area contributed by atoms with Crippen molar-refractivity contribution in [3.8, 4) is 0 Å². The van der Waals surface area contributed by atoms with Gasteiger partial charge in [0.25, 0.3) is 0 Å². The Balaban J connectivity index is 1.71. The van der Waals surface area contributed by atoms with Crippen LogP contribution in [-0.2, 0) is 14.8 Å². The summed E-state index contributed by atoms with van der Waals surface area (Å²) in [5, 5.41) is 3.34. The fourth-order valence-electron chi connectivity index (χ4n) is 2.91. The molecule has 1 fully saturated rings. The van der Waals surface area contributed by atoms with Gasteiger partial charge in [0.1, 0.15) is 0 Å². The number of benzene rings is 2. The molecule has 0 saturated carbocycles. The number of hydrogen-bond acceptors (Lipinski definition) is 3. The zero-order valence-electron chi connectivity index (χ0n) is 13.9. The highest BCUT2D eigenvalue weighted by Crippen LogP contribution is 2.26. The van der Waals surface area contributed by atoms with Crippen LogP contribution in [0.4, 0.5) is 5.69 Å². The molecule has 2 aromatic rings. The summed E-state index contributed by atoms with van der Waals surface area (Å²) >= 11 is 9.18. The summed E-state index contributed by atoms with van der Waals surface area (Å²) in [6.45, 7) is 0.584. The number of halogens is 2. The third-order valence-electron chi connectivity index (χ3n) is 4.32. The number of hydrogen-bond donors (Lipinski definition) is 1. The first-order valence-corrected chi connectivity index (χ1v) is 10.8. The maximum absolute atomic E-state index is 12.8. The smallest absolute Gasteiger partial charge is 0.243 e. The molecule has 1 atom stereocenters. The average molecular weight is 458 g/mol. The molecule has 1 saturated heterocycles. The number of anilines is 1. The van der Waals surface area contributed by atoms with Gasteiger partial charge in [-0.2, -0.15) is 4.31 Å². The number of sulfonamides is 1. The van der Waals surface area contributed by atoms with E-state index in [1.807, 2.05) is 12.1 Å². The summed E-state index contributed by atoms with van der Waals surface area (Å²) < 4.78 is 27.9. The molecule has 1 aliphatic rings. The van der Waals surface area contributed by atoms with Crippen LogP contribution in [0.2, 0.25) is 5.02 Å². The van der Waals surface area contributed by atoms with E-state index < -0.39 is 10.0 Å². The van der Waals surface area contributed by atoms with E-state index in [-0.39, 0.29) is 23.3 Å². The third kappa shape index (κ3) is 4.46. The Morgan fingerprint density at radius 1 is 1.12 bits per heavy atom. The lowest BCUT2D eigenvalue weighted by Gasteiger charge is -2.31. The van der Waals surface area contributed by atoms with Gasteiger partial charge in [0.15, 0.2) is 0 Å². The fourth-order valence-corrected chi connectivity index (χ4v) is 4.82. The van der Waals surface area contributed by atoms with Gasteiger partial charge in [-0.05, 0) is 61.4 Å². The van der Waals surface area contributed by atoms with Gasteiger partial charge in [0.05, 0.1) is 10.8 Å². The summed E-state index contributed by atoms with van der Waals surface area (Å²) in [6.07, 6.45) is 1.31. The number of carbonyl (C=O) groups is 1. The maximum Gasteiger partial charge on any atom is 0.243 e. The van der Waals surface area contributed by atoms with Crippen molar-refractivity contribution < 1.29 is 13.2 Å². The number of rotatable bonds is 4. The molecule has 0 aliphatic carbocycles. The second-order valence-electron chi connectivity index (χ2n) is 6.15. The molecule has 0 spiro atoms. The highest BCUT2D eigenvalue weighted by atomic mass is 79.9. The molecule has 8 heteroatoms. The Morgan fingerprint density at radius 2 is 1.77 bits per heavy atom. The lowest BCUT2D eigenvalue weighted by molar-refractivity contribution is -0.120. The normalized spacial score (nSPS) is 18.5. The zero-order valence-corrected chi connectivity index (χ0v) is 17.0. The number of amides is 1. The maximum atomic E-state index is 12.8. The molecule has 0 radical (unpaired) electrons. The van der Waals surface area contributed by atoms with Gasteiger partial charge < -0.3 is 5.32 Å². The Bertz CT molecular complexity index is 886. The van der Waals surface area contributed by atoms with Crippen LogP contribution in [0.1, 0.15) is 12.8 Å². The Labute approximate surface area is 166 Å². The monoisotopic (exact) mass is 456 g/mol. The number of carbonyl (C=O) groups excluding carboxylic acids is 1. The van der Waals surface area contributed by atoms with Crippen LogP contribution < -0.4 is 5.32 Å². The van der Waals surface area contributed by atoms with Gasteiger partial charge in [0, 0.05) is 28.3 Å². The Hall–Kier alpha value is -1.41. The lowest BCUT2D eigenvalue weighted by atomic mass is 9.99. The summed E-state index contributed by atoms with van der Waals surface area (Å²) in [6, 6.07) is 13.4. The molecule has 0 aromatic heterocycles. The van der Waals surface area contributed by atoms with E-state index in [0.29, 0.717) is 30.1 Å². The van der Waals surface area contributed by atoms with Crippen LogP contribution in [0.3, 0.4) is 0 Å². The predicted octanol–water partition coefficient (Wildman–Crippen LogP) is 4.14. The molecule has 2 aromatic carbocycles. The van der Waals surface area contributed by atoms with E-state index in [1.165, 1.54) is 16.4 Å². The van der Waals surface area contributed by atoms with Crippen LogP contribution in [0, 0.1) is 5.92 Å². The zero-order chi connectivity index (χ0) is 18.7. The third-order valence-corrected chi connectivity index (χ3v) is 6.98. The highest BCUT2D eigenvalue weighted by molar-refractivity contribution is 9.10. The van der Waals surface area contributed by atoms with E-state index in [0.717, 1.165) is 4.47 Å². The van der Waals surface area contributed by atoms with Crippen molar-refractivity contribution in [3.05, 3.63) is 58.0 Å². The standard InChI is InChI=1S/C18H18BrClN2O3S/c19-14-3-7-16(8-4-14)21-18(23)13-2-1-11-22(12-13)26(24,25)17-9-5-15(20)6-10-17/h3-10,13H,1-2,11-12H2,(H,21,23). The predicted molar refractivity (Wildman–Crippen MR) is 106 cm³/mol. The first kappa shape index (κ1) is 19.4. The minimum atomic E-state index is -3.64. The highest BCUT2D eigenvalue weighted by Gasteiger charge is 2.33. The van der Waals surface area contributed by atoms with Crippen molar-refractivity contribution in [2.75, 3.05) is 18.4 Å². The van der Waals surface area contributed by atoms with E-state index >= 15 is 0 Å². The van der Waals surface area contributed by atoms with Crippen LogP contribution in [0.25, 0.3) is 0 Å². The number of piperidine rings is 1. The summed E-state index contributed by atoms with van der Waals surface area (Å²) in [7, 11) is -3.64. The summed E-state index contributed by atoms with van der Waals surface area (Å²) in [5.74, 6) is -0.544. The van der Waals surface area contributed by atoms with Crippen LogP contribution in [-0.4, -0.2) is 31.7 Å². The largest absolute Gasteiger partial charge is 0.326 e. The fraction of sp³-hybridized carbons (Fsp3) is 0.278. The van der Waals surface area contributed by atoms with Crippen molar-refractivity contribution in [2.45, 2.75) is 17.7 Å². The van der Waals surface area contributed by atoms with Crippen LogP contribution in [0.5, 0.6) is 0 Å². The first-order chi connectivity index (χ1) is 12.4. The number of nitrogens with zero attached hydrogens (tertiary/aromatic N) is 1. The van der Waals surface area contributed by atoms with Crippen molar-refractivity contribution >= 4 is 49.1 Å². The minimum absolute atomic E-state index is 0.164. The first-order valence-electron chi connectivity index (χ1n) is 8.18. The molecule has 26 heavy (non-hydrogen) atoms. The van der Waals surface area contributed by atoms with Gasteiger partial charge in [-0.15, -0.1) is 0 Å². The van der Waals surface area contributed by atoms with Gasteiger partial charge in [-0.1, -0.05) is 27.5 Å². The second kappa shape index (κ2) is 8.08.